The fourth-order valence-corrected chi connectivity index (χ4v) is 2.09. The number of benzene rings is 1. The Balaban J connectivity index is 2.81. The molecule has 0 spiro atoms. The van der Waals surface area contributed by atoms with Crippen molar-refractivity contribution >= 4 is 35.1 Å². The van der Waals surface area contributed by atoms with Crippen molar-refractivity contribution in [2.24, 2.45) is 0 Å². The number of hydrogen-bond donors (Lipinski definition) is 2. The first kappa shape index (κ1) is 16.6. The van der Waals surface area contributed by atoms with Gasteiger partial charge in [-0.25, -0.2) is 4.79 Å². The van der Waals surface area contributed by atoms with Gasteiger partial charge in [-0.2, -0.15) is 0 Å². The quantitative estimate of drug-likeness (QED) is 0.835. The van der Waals surface area contributed by atoms with Gasteiger partial charge in [0.15, 0.2) is 11.9 Å². The fraction of sp³-hybridized carbons (Fsp3) is 0.333. The second-order valence-corrected chi connectivity index (χ2v) is 4.56. The first-order valence-electron chi connectivity index (χ1n) is 5.47. The standard InChI is InChI=1S/C12H13Cl2NO5/c1-19-9(12(17)18)5-15-11(16)6-3-7(13)10(20-2)8(14)4-6/h3-4,9H,5H2,1-2H3,(H,15,16)(H,17,18). The van der Waals surface area contributed by atoms with E-state index in [-0.39, 0.29) is 27.9 Å². The second-order valence-electron chi connectivity index (χ2n) is 3.75. The molecule has 0 aliphatic heterocycles. The molecular weight excluding hydrogens is 309 g/mol. The Morgan fingerprint density at radius 3 is 2.25 bits per heavy atom. The largest absolute Gasteiger partial charge is 0.494 e. The third kappa shape index (κ3) is 4.00. The van der Waals surface area contributed by atoms with E-state index in [1.807, 2.05) is 0 Å². The van der Waals surface area contributed by atoms with E-state index in [0.29, 0.717) is 0 Å². The van der Waals surface area contributed by atoms with E-state index >= 15 is 0 Å². The molecule has 1 aromatic carbocycles. The molecule has 1 unspecified atom stereocenters. The van der Waals surface area contributed by atoms with Crippen molar-refractivity contribution in [3.8, 4) is 5.75 Å². The highest BCUT2D eigenvalue weighted by molar-refractivity contribution is 6.37. The van der Waals surface area contributed by atoms with Crippen LogP contribution in [-0.4, -0.2) is 43.9 Å². The van der Waals surface area contributed by atoms with E-state index in [4.69, 9.17) is 37.8 Å². The van der Waals surface area contributed by atoms with Gasteiger partial charge in [-0.05, 0) is 12.1 Å². The summed E-state index contributed by atoms with van der Waals surface area (Å²) in [7, 11) is 2.65. The van der Waals surface area contributed by atoms with Crippen molar-refractivity contribution in [1.82, 2.24) is 5.32 Å². The normalized spacial score (nSPS) is 11.8. The smallest absolute Gasteiger partial charge is 0.334 e. The maximum atomic E-state index is 11.9. The lowest BCUT2D eigenvalue weighted by atomic mass is 10.2. The van der Waals surface area contributed by atoms with Gasteiger partial charge < -0.3 is 19.9 Å². The van der Waals surface area contributed by atoms with Crippen LogP contribution in [0.2, 0.25) is 10.0 Å². The number of halogens is 2. The number of carboxylic acid groups (broad SMARTS) is 1. The molecule has 20 heavy (non-hydrogen) atoms. The van der Waals surface area contributed by atoms with Gasteiger partial charge in [0.05, 0.1) is 23.7 Å². The van der Waals surface area contributed by atoms with Crippen LogP contribution in [0.1, 0.15) is 10.4 Å². The van der Waals surface area contributed by atoms with Crippen LogP contribution in [0.15, 0.2) is 12.1 Å². The van der Waals surface area contributed by atoms with Gasteiger partial charge in [0.1, 0.15) is 0 Å². The molecule has 110 valence electrons. The predicted octanol–water partition coefficient (Wildman–Crippen LogP) is 1.83. The molecular formula is C12H13Cl2NO5. The Hall–Kier alpha value is -1.50. The molecule has 0 bridgehead atoms. The lowest BCUT2D eigenvalue weighted by molar-refractivity contribution is -0.148. The first-order valence-corrected chi connectivity index (χ1v) is 6.23. The molecule has 8 heteroatoms. The molecule has 6 nitrogen and oxygen atoms in total. The summed E-state index contributed by atoms with van der Waals surface area (Å²) in [6.45, 7) is -0.175. The van der Waals surface area contributed by atoms with Crippen LogP contribution < -0.4 is 10.1 Å². The number of hydrogen-bond acceptors (Lipinski definition) is 4. The molecule has 1 rings (SSSR count). The highest BCUT2D eigenvalue weighted by Gasteiger charge is 2.19. The number of carbonyl (C=O) groups excluding carboxylic acids is 1. The lowest BCUT2D eigenvalue weighted by Crippen LogP contribution is -2.37. The number of amides is 1. The summed E-state index contributed by atoms with van der Waals surface area (Å²) in [6, 6.07) is 2.76. The Morgan fingerprint density at radius 2 is 1.85 bits per heavy atom. The summed E-state index contributed by atoms with van der Waals surface area (Å²) in [6.07, 6.45) is -1.12. The third-order valence-corrected chi connectivity index (χ3v) is 3.03. The van der Waals surface area contributed by atoms with Gasteiger partial charge in [-0.3, -0.25) is 4.79 Å². The van der Waals surface area contributed by atoms with Gasteiger partial charge in [0, 0.05) is 12.7 Å². The predicted molar refractivity (Wildman–Crippen MR) is 73.8 cm³/mol. The van der Waals surface area contributed by atoms with Crippen LogP contribution in [0.5, 0.6) is 5.75 Å². The average Bonchev–Trinajstić information content (AvgIpc) is 2.38. The van der Waals surface area contributed by atoms with Crippen molar-refractivity contribution in [1.29, 1.82) is 0 Å². The van der Waals surface area contributed by atoms with Crippen molar-refractivity contribution in [2.45, 2.75) is 6.10 Å². The summed E-state index contributed by atoms with van der Waals surface area (Å²) in [4.78, 5) is 22.6. The lowest BCUT2D eigenvalue weighted by Gasteiger charge is -2.12. The molecule has 0 saturated heterocycles. The van der Waals surface area contributed by atoms with Crippen LogP contribution in [0, 0.1) is 0 Å². The monoisotopic (exact) mass is 321 g/mol. The molecule has 0 aliphatic rings. The molecule has 0 aliphatic carbocycles. The summed E-state index contributed by atoms with van der Waals surface area (Å²) in [5.74, 6) is -1.41. The maximum Gasteiger partial charge on any atom is 0.334 e. The minimum Gasteiger partial charge on any atom is -0.494 e. The minimum atomic E-state index is -1.17. The van der Waals surface area contributed by atoms with Crippen LogP contribution in [0.25, 0.3) is 0 Å². The van der Waals surface area contributed by atoms with Gasteiger partial charge >= 0.3 is 5.97 Å². The molecule has 1 aromatic rings. The Labute approximate surface area is 125 Å². The number of aliphatic carboxylic acids is 1. The number of carboxylic acids is 1. The van der Waals surface area contributed by atoms with Crippen LogP contribution in [0.3, 0.4) is 0 Å². The molecule has 0 aromatic heterocycles. The third-order valence-electron chi connectivity index (χ3n) is 2.47. The molecule has 1 amide bonds. The Kier molecular flexibility index (Phi) is 6.06. The van der Waals surface area contributed by atoms with E-state index < -0.39 is 18.0 Å². The topological polar surface area (TPSA) is 84.9 Å². The molecule has 2 N–H and O–H groups in total. The molecule has 0 saturated carbocycles. The number of rotatable bonds is 6. The first-order chi connectivity index (χ1) is 9.40. The number of methoxy groups -OCH3 is 2. The van der Waals surface area contributed by atoms with E-state index in [1.54, 1.807) is 0 Å². The maximum absolute atomic E-state index is 11.9. The number of nitrogens with one attached hydrogen (secondary N) is 1. The summed E-state index contributed by atoms with van der Waals surface area (Å²) < 4.78 is 9.66. The average molecular weight is 322 g/mol. The second kappa shape index (κ2) is 7.33. The zero-order valence-electron chi connectivity index (χ0n) is 10.8. The van der Waals surface area contributed by atoms with E-state index in [9.17, 15) is 9.59 Å². The molecule has 0 fully saturated rings. The van der Waals surface area contributed by atoms with Crippen LogP contribution >= 0.6 is 23.2 Å². The molecule has 1 atom stereocenters. The zero-order valence-corrected chi connectivity index (χ0v) is 12.3. The minimum absolute atomic E-state index is 0.175. The number of carbonyl (C=O) groups is 2. The van der Waals surface area contributed by atoms with Crippen molar-refractivity contribution in [3.05, 3.63) is 27.7 Å². The van der Waals surface area contributed by atoms with Gasteiger partial charge in [-0.15, -0.1) is 0 Å². The van der Waals surface area contributed by atoms with Gasteiger partial charge in [0.25, 0.3) is 5.91 Å². The van der Waals surface area contributed by atoms with Gasteiger partial charge in [0.2, 0.25) is 0 Å². The van der Waals surface area contributed by atoms with Crippen LogP contribution in [0.4, 0.5) is 0 Å². The summed E-state index contributed by atoms with van der Waals surface area (Å²) >= 11 is 11.8. The summed E-state index contributed by atoms with van der Waals surface area (Å²) in [5.41, 5.74) is 0.195. The molecule has 0 heterocycles. The van der Waals surface area contributed by atoms with Crippen molar-refractivity contribution in [2.75, 3.05) is 20.8 Å². The Bertz CT molecular complexity index is 498. The number of ether oxygens (including phenoxy) is 2. The van der Waals surface area contributed by atoms with Crippen LogP contribution in [-0.2, 0) is 9.53 Å². The van der Waals surface area contributed by atoms with E-state index in [1.165, 1.54) is 26.4 Å². The van der Waals surface area contributed by atoms with Crippen molar-refractivity contribution < 1.29 is 24.2 Å². The molecule has 0 radical (unpaired) electrons. The Morgan fingerprint density at radius 1 is 1.30 bits per heavy atom. The zero-order chi connectivity index (χ0) is 15.3. The van der Waals surface area contributed by atoms with Crippen molar-refractivity contribution in [3.63, 3.8) is 0 Å². The summed E-state index contributed by atoms with van der Waals surface area (Å²) in [5, 5.41) is 11.6. The SMILES string of the molecule is COc1c(Cl)cc(C(=O)NCC(OC)C(=O)O)cc1Cl. The highest BCUT2D eigenvalue weighted by Crippen LogP contribution is 2.33. The highest BCUT2D eigenvalue weighted by atomic mass is 35.5. The fourth-order valence-electron chi connectivity index (χ4n) is 1.44. The van der Waals surface area contributed by atoms with E-state index in [0.717, 1.165) is 0 Å². The van der Waals surface area contributed by atoms with E-state index in [2.05, 4.69) is 5.32 Å². The van der Waals surface area contributed by atoms with Gasteiger partial charge in [-0.1, -0.05) is 23.2 Å².